The standard InChI is InChI=1S/C48H52N6O3/c1-36-27-29-37(30-28-36)41-24-14-15-25-42(41)44(55)51-47(31-33-50-54(47)35-34-53(43-26-16-17-32-49-43)45(56)57-46(2,3)4)52-48(38-18-8-5-9-19-38,39-20-10-6-11-21-39)40-22-12-7-13-23-40/h5-13,16-23,26-33,50,52H,14-15,24-25,34-35H2,1-4H3,(H,51,55). The number of carbonyl (C=O) groups is 2. The van der Waals surface area contributed by atoms with Gasteiger partial charge in [-0.3, -0.25) is 15.0 Å². The van der Waals surface area contributed by atoms with E-state index in [1.165, 1.54) is 10.5 Å². The van der Waals surface area contributed by atoms with Crippen LogP contribution in [0.1, 0.15) is 74.3 Å². The molecule has 7 rings (SSSR count). The molecule has 3 N–H and O–H groups in total. The summed E-state index contributed by atoms with van der Waals surface area (Å²) < 4.78 is 5.88. The van der Waals surface area contributed by atoms with E-state index in [-0.39, 0.29) is 19.0 Å². The first-order valence-electron chi connectivity index (χ1n) is 19.8. The summed E-state index contributed by atoms with van der Waals surface area (Å²) in [6.45, 7) is 8.06. The molecule has 4 aromatic carbocycles. The lowest BCUT2D eigenvalue weighted by molar-refractivity contribution is -0.122. The average Bonchev–Trinajstić information content (AvgIpc) is 3.62. The molecule has 9 nitrogen and oxygen atoms in total. The van der Waals surface area contributed by atoms with Gasteiger partial charge in [-0.15, -0.1) is 0 Å². The van der Waals surface area contributed by atoms with Crippen molar-refractivity contribution in [3.8, 4) is 0 Å². The van der Waals surface area contributed by atoms with Gasteiger partial charge in [0.2, 0.25) is 5.91 Å². The van der Waals surface area contributed by atoms with E-state index in [0.29, 0.717) is 12.2 Å². The highest BCUT2D eigenvalue weighted by Crippen LogP contribution is 2.40. The van der Waals surface area contributed by atoms with Gasteiger partial charge >= 0.3 is 6.09 Å². The summed E-state index contributed by atoms with van der Waals surface area (Å²) in [4.78, 5) is 34.9. The second-order valence-corrected chi connectivity index (χ2v) is 15.7. The lowest BCUT2D eigenvalue weighted by Crippen LogP contribution is -2.73. The van der Waals surface area contributed by atoms with Crippen LogP contribution in [0.25, 0.3) is 5.57 Å². The number of aryl methyl sites for hydroxylation is 1. The zero-order valence-electron chi connectivity index (χ0n) is 33.2. The zero-order valence-corrected chi connectivity index (χ0v) is 33.2. The van der Waals surface area contributed by atoms with Crippen LogP contribution in [0, 0.1) is 6.92 Å². The van der Waals surface area contributed by atoms with E-state index >= 15 is 4.79 Å². The molecule has 2 amide bonds. The van der Waals surface area contributed by atoms with Crippen LogP contribution in [-0.2, 0) is 15.1 Å². The second kappa shape index (κ2) is 17.0. The van der Waals surface area contributed by atoms with Gasteiger partial charge in [0.1, 0.15) is 11.4 Å². The number of anilines is 1. The first-order valence-corrected chi connectivity index (χ1v) is 19.8. The maximum absolute atomic E-state index is 15.1. The number of hydrogen-bond donors (Lipinski definition) is 3. The van der Waals surface area contributed by atoms with Crippen LogP contribution in [-0.4, -0.2) is 46.5 Å². The van der Waals surface area contributed by atoms with Crippen molar-refractivity contribution >= 4 is 23.4 Å². The molecule has 1 aliphatic carbocycles. The van der Waals surface area contributed by atoms with Crippen LogP contribution in [0.15, 0.2) is 158 Å². The number of hydrogen-bond acceptors (Lipinski definition) is 7. The Morgan fingerprint density at radius 1 is 0.789 bits per heavy atom. The van der Waals surface area contributed by atoms with Crippen molar-refractivity contribution in [2.45, 2.75) is 70.3 Å². The average molecular weight is 761 g/mol. The van der Waals surface area contributed by atoms with Gasteiger partial charge in [-0.2, -0.15) is 5.01 Å². The van der Waals surface area contributed by atoms with Crippen LogP contribution in [0.4, 0.5) is 10.6 Å². The third-order valence-electron chi connectivity index (χ3n) is 10.5. The maximum Gasteiger partial charge on any atom is 0.416 e. The predicted molar refractivity (Wildman–Crippen MR) is 227 cm³/mol. The van der Waals surface area contributed by atoms with Crippen molar-refractivity contribution in [3.05, 3.63) is 185 Å². The molecule has 9 heteroatoms. The summed E-state index contributed by atoms with van der Waals surface area (Å²) in [6.07, 6.45) is 8.37. The van der Waals surface area contributed by atoms with Crippen LogP contribution in [0.5, 0.6) is 0 Å². The van der Waals surface area contributed by atoms with E-state index in [9.17, 15) is 4.79 Å². The minimum Gasteiger partial charge on any atom is -0.443 e. The fourth-order valence-electron chi connectivity index (χ4n) is 7.80. The molecule has 57 heavy (non-hydrogen) atoms. The number of pyridine rings is 1. The second-order valence-electron chi connectivity index (χ2n) is 15.7. The minimum absolute atomic E-state index is 0.159. The van der Waals surface area contributed by atoms with Gasteiger partial charge in [0.25, 0.3) is 0 Å². The molecule has 5 aromatic rings. The number of amides is 2. The number of aromatic nitrogens is 1. The van der Waals surface area contributed by atoms with Crippen LogP contribution < -0.4 is 21.0 Å². The fourth-order valence-corrected chi connectivity index (χ4v) is 7.80. The molecule has 1 unspecified atom stereocenters. The number of nitrogens with zero attached hydrogens (tertiary/aromatic N) is 3. The highest BCUT2D eigenvalue weighted by molar-refractivity contribution is 6.02. The molecule has 2 heterocycles. The summed E-state index contributed by atoms with van der Waals surface area (Å²) in [5.74, 6) is -1.03. The number of hydrazine groups is 1. The molecular weight excluding hydrogens is 709 g/mol. The topological polar surface area (TPSA) is 98.8 Å². The van der Waals surface area contributed by atoms with E-state index in [1.54, 1.807) is 12.3 Å². The lowest BCUT2D eigenvalue weighted by Gasteiger charge is -2.48. The van der Waals surface area contributed by atoms with Crippen molar-refractivity contribution in [1.82, 2.24) is 26.1 Å². The fraction of sp³-hybridized carbons (Fsp3) is 0.271. The Hall–Kier alpha value is -6.03. The molecule has 1 aliphatic heterocycles. The molecule has 0 saturated carbocycles. The number of carbonyl (C=O) groups excluding carboxylic acids is 2. The first kappa shape index (κ1) is 39.2. The summed E-state index contributed by atoms with van der Waals surface area (Å²) in [7, 11) is 0. The number of nitrogens with one attached hydrogen (secondary N) is 3. The Labute approximate surface area is 336 Å². The number of rotatable bonds is 12. The van der Waals surface area contributed by atoms with Crippen molar-refractivity contribution < 1.29 is 14.3 Å². The molecule has 0 spiro atoms. The number of benzene rings is 4. The Kier molecular flexibility index (Phi) is 11.7. The van der Waals surface area contributed by atoms with E-state index in [2.05, 4.69) is 88.6 Å². The molecule has 0 bridgehead atoms. The monoisotopic (exact) mass is 760 g/mol. The molecule has 1 atom stereocenters. The molecule has 0 radical (unpaired) electrons. The number of ether oxygens (including phenoxy) is 1. The van der Waals surface area contributed by atoms with Crippen molar-refractivity contribution in [2.24, 2.45) is 0 Å². The van der Waals surface area contributed by atoms with Crippen LogP contribution in [0.3, 0.4) is 0 Å². The van der Waals surface area contributed by atoms with Gasteiger partial charge in [0.15, 0.2) is 5.79 Å². The minimum atomic E-state index is -1.33. The van der Waals surface area contributed by atoms with Gasteiger partial charge in [-0.1, -0.05) is 127 Å². The predicted octanol–water partition coefficient (Wildman–Crippen LogP) is 8.84. The van der Waals surface area contributed by atoms with Crippen molar-refractivity contribution in [1.29, 1.82) is 0 Å². The molecular formula is C48H52N6O3. The Morgan fingerprint density at radius 3 is 1.93 bits per heavy atom. The molecule has 292 valence electrons. The molecule has 0 fully saturated rings. The summed E-state index contributed by atoms with van der Waals surface area (Å²) in [5, 5.41) is 9.56. The normalized spacial score (nSPS) is 17.2. The number of allylic oxidation sites excluding steroid dienone is 1. The van der Waals surface area contributed by atoms with E-state index in [0.717, 1.165) is 52.7 Å². The van der Waals surface area contributed by atoms with Gasteiger partial charge in [-0.05, 0) is 99.4 Å². The molecule has 0 saturated heterocycles. The summed E-state index contributed by atoms with van der Waals surface area (Å²) in [6, 6.07) is 44.8. The molecule has 1 aromatic heterocycles. The highest BCUT2D eigenvalue weighted by atomic mass is 16.6. The van der Waals surface area contributed by atoms with E-state index in [1.807, 2.05) is 105 Å². The SMILES string of the molecule is Cc1ccc(C2=C(C(=O)NC3(NC(c4ccccc4)(c4ccccc4)c4ccccc4)C=CNN3CCN(C(=O)OC(C)(C)C)c3ccccn3)CCCC2)cc1. The molecule has 2 aliphatic rings. The third-order valence-corrected chi connectivity index (χ3v) is 10.5. The Morgan fingerprint density at radius 2 is 1.37 bits per heavy atom. The summed E-state index contributed by atoms with van der Waals surface area (Å²) >= 11 is 0. The quantitative estimate of drug-likeness (QED) is 0.0864. The van der Waals surface area contributed by atoms with E-state index in [4.69, 9.17) is 4.74 Å². The van der Waals surface area contributed by atoms with Gasteiger partial charge in [0, 0.05) is 31.1 Å². The van der Waals surface area contributed by atoms with E-state index < -0.39 is 23.0 Å². The van der Waals surface area contributed by atoms with Crippen LogP contribution >= 0.6 is 0 Å². The first-order chi connectivity index (χ1) is 27.6. The van der Waals surface area contributed by atoms with Crippen molar-refractivity contribution in [3.63, 3.8) is 0 Å². The third kappa shape index (κ3) is 8.70. The maximum atomic E-state index is 15.1. The lowest BCUT2D eigenvalue weighted by atomic mass is 9.76. The highest BCUT2D eigenvalue weighted by Gasteiger charge is 2.49. The Bertz CT molecular complexity index is 2090. The largest absolute Gasteiger partial charge is 0.443 e. The summed E-state index contributed by atoms with van der Waals surface area (Å²) in [5.41, 5.74) is 8.78. The van der Waals surface area contributed by atoms with Crippen molar-refractivity contribution in [2.75, 3.05) is 18.0 Å². The van der Waals surface area contributed by atoms with Gasteiger partial charge < -0.3 is 15.5 Å². The smallest absolute Gasteiger partial charge is 0.416 e. The van der Waals surface area contributed by atoms with Gasteiger partial charge in [0.05, 0.1) is 5.54 Å². The van der Waals surface area contributed by atoms with Crippen LogP contribution in [0.2, 0.25) is 0 Å². The Balaban J connectivity index is 1.36. The zero-order chi connectivity index (χ0) is 39.9. The van der Waals surface area contributed by atoms with Gasteiger partial charge in [-0.25, -0.2) is 9.78 Å².